The first-order valence-electron chi connectivity index (χ1n) is 6.36. The first-order chi connectivity index (χ1) is 9.56. The molecule has 2 N–H and O–H groups in total. The first-order valence-corrected chi connectivity index (χ1v) is 7.15. The molecule has 110 valence electrons. The summed E-state index contributed by atoms with van der Waals surface area (Å²) in [5.41, 5.74) is -0.134. The number of rotatable bonds is 8. The summed E-state index contributed by atoms with van der Waals surface area (Å²) in [6.07, 6.45) is 3.14. The zero-order chi connectivity index (χ0) is 14.5. The zero-order valence-electron chi connectivity index (χ0n) is 10.8. The summed E-state index contributed by atoms with van der Waals surface area (Å²) in [4.78, 5) is 14.3. The Morgan fingerprint density at radius 2 is 2.40 bits per heavy atom. The number of anilines is 1. The standard InChI is InChI=1S/C12H16BrN3O4/c13-9-3-11(16(18)19)12(14-4-9)15-5-10(17)7-20-6-8-1-2-8/h3-4,8,10,17H,1-2,5-7H2,(H,14,15)/t10-/m1/s1. The van der Waals surface area contributed by atoms with E-state index in [-0.39, 0.29) is 24.7 Å². The van der Waals surface area contributed by atoms with E-state index in [2.05, 4.69) is 26.2 Å². The van der Waals surface area contributed by atoms with Crippen LogP contribution in [0.1, 0.15) is 12.8 Å². The van der Waals surface area contributed by atoms with E-state index >= 15 is 0 Å². The normalized spacial score (nSPS) is 15.9. The Hall–Kier alpha value is -1.25. The van der Waals surface area contributed by atoms with Crippen LogP contribution in [0.4, 0.5) is 11.5 Å². The fourth-order valence-corrected chi connectivity index (χ4v) is 1.95. The third-order valence-corrected chi connectivity index (χ3v) is 3.33. The first kappa shape index (κ1) is 15.1. The van der Waals surface area contributed by atoms with Gasteiger partial charge in [0.1, 0.15) is 0 Å². The van der Waals surface area contributed by atoms with Crippen molar-refractivity contribution in [1.82, 2.24) is 4.98 Å². The van der Waals surface area contributed by atoms with Crippen molar-refractivity contribution in [3.8, 4) is 0 Å². The van der Waals surface area contributed by atoms with Gasteiger partial charge in [0, 0.05) is 29.9 Å². The molecule has 0 aliphatic heterocycles. The lowest BCUT2D eigenvalue weighted by molar-refractivity contribution is -0.384. The molecule has 0 spiro atoms. The Morgan fingerprint density at radius 1 is 1.65 bits per heavy atom. The van der Waals surface area contributed by atoms with Crippen LogP contribution in [-0.2, 0) is 4.74 Å². The largest absolute Gasteiger partial charge is 0.389 e. The molecule has 1 fully saturated rings. The molecule has 1 aromatic heterocycles. The highest BCUT2D eigenvalue weighted by Gasteiger charge is 2.22. The van der Waals surface area contributed by atoms with E-state index in [1.165, 1.54) is 25.1 Å². The molecular weight excluding hydrogens is 330 g/mol. The second-order valence-corrected chi connectivity index (χ2v) is 5.71. The predicted molar refractivity (Wildman–Crippen MR) is 76.6 cm³/mol. The Morgan fingerprint density at radius 3 is 3.05 bits per heavy atom. The quantitative estimate of drug-likeness (QED) is 0.552. The van der Waals surface area contributed by atoms with Crippen molar-refractivity contribution in [2.24, 2.45) is 5.92 Å². The van der Waals surface area contributed by atoms with Gasteiger partial charge in [-0.15, -0.1) is 0 Å². The number of pyridine rings is 1. The van der Waals surface area contributed by atoms with Gasteiger partial charge in [-0.2, -0.15) is 0 Å². The minimum Gasteiger partial charge on any atom is -0.389 e. The molecule has 0 radical (unpaired) electrons. The van der Waals surface area contributed by atoms with Gasteiger partial charge in [-0.25, -0.2) is 4.98 Å². The Balaban J connectivity index is 1.81. The molecular formula is C12H16BrN3O4. The second kappa shape index (κ2) is 6.96. The molecule has 0 unspecified atom stereocenters. The van der Waals surface area contributed by atoms with E-state index in [0.717, 1.165) is 0 Å². The minimum absolute atomic E-state index is 0.134. The number of hydrogen-bond donors (Lipinski definition) is 2. The topological polar surface area (TPSA) is 97.5 Å². The van der Waals surface area contributed by atoms with Crippen LogP contribution in [-0.4, -0.2) is 40.9 Å². The summed E-state index contributed by atoms with van der Waals surface area (Å²) in [5, 5.41) is 23.4. The highest BCUT2D eigenvalue weighted by molar-refractivity contribution is 9.10. The molecule has 0 aromatic carbocycles. The molecule has 1 aromatic rings. The molecule has 7 nitrogen and oxygen atoms in total. The Bertz CT molecular complexity index is 482. The number of ether oxygens (including phenoxy) is 1. The van der Waals surface area contributed by atoms with Crippen molar-refractivity contribution in [3.05, 3.63) is 26.9 Å². The Labute approximate surface area is 124 Å². The van der Waals surface area contributed by atoms with Crippen LogP contribution in [0.5, 0.6) is 0 Å². The molecule has 1 heterocycles. The van der Waals surface area contributed by atoms with Gasteiger partial charge in [-0.05, 0) is 34.7 Å². The molecule has 1 aliphatic carbocycles. The fraction of sp³-hybridized carbons (Fsp3) is 0.583. The molecule has 8 heteroatoms. The highest BCUT2D eigenvalue weighted by Crippen LogP contribution is 2.28. The van der Waals surface area contributed by atoms with Crippen molar-refractivity contribution in [3.63, 3.8) is 0 Å². The van der Waals surface area contributed by atoms with E-state index in [1.54, 1.807) is 0 Å². The third-order valence-electron chi connectivity index (χ3n) is 2.90. The maximum atomic E-state index is 10.9. The summed E-state index contributed by atoms with van der Waals surface area (Å²) < 4.78 is 5.88. The maximum absolute atomic E-state index is 10.9. The van der Waals surface area contributed by atoms with Gasteiger partial charge < -0.3 is 15.2 Å². The monoisotopic (exact) mass is 345 g/mol. The Kier molecular flexibility index (Phi) is 5.27. The summed E-state index contributed by atoms with van der Waals surface area (Å²) in [7, 11) is 0. The maximum Gasteiger partial charge on any atom is 0.312 e. The van der Waals surface area contributed by atoms with Crippen molar-refractivity contribution in [2.75, 3.05) is 25.1 Å². The molecule has 2 rings (SSSR count). The smallest absolute Gasteiger partial charge is 0.312 e. The summed E-state index contributed by atoms with van der Waals surface area (Å²) >= 11 is 3.13. The zero-order valence-corrected chi connectivity index (χ0v) is 12.4. The van der Waals surface area contributed by atoms with Gasteiger partial charge in [0.05, 0.1) is 17.6 Å². The van der Waals surface area contributed by atoms with Gasteiger partial charge in [-0.1, -0.05) is 0 Å². The molecule has 20 heavy (non-hydrogen) atoms. The SMILES string of the molecule is O=[N+]([O-])c1cc(Br)cnc1NC[C@@H](O)COCC1CC1. The van der Waals surface area contributed by atoms with Crippen LogP contribution >= 0.6 is 15.9 Å². The second-order valence-electron chi connectivity index (χ2n) is 4.79. The number of nitrogens with zero attached hydrogens (tertiary/aromatic N) is 2. The van der Waals surface area contributed by atoms with E-state index in [4.69, 9.17) is 4.74 Å². The van der Waals surface area contributed by atoms with Crippen LogP contribution in [0.3, 0.4) is 0 Å². The lowest BCUT2D eigenvalue weighted by Crippen LogP contribution is -2.25. The van der Waals surface area contributed by atoms with Crippen LogP contribution in [0.2, 0.25) is 0 Å². The summed E-state index contributed by atoms with van der Waals surface area (Å²) in [6, 6.07) is 1.37. The predicted octanol–water partition coefficient (Wildman–Crippen LogP) is 1.95. The number of aliphatic hydroxyl groups is 1. The summed E-state index contributed by atoms with van der Waals surface area (Å²) in [6.45, 7) is 1.04. The van der Waals surface area contributed by atoms with Crippen molar-refractivity contribution in [1.29, 1.82) is 0 Å². The number of hydrogen-bond acceptors (Lipinski definition) is 6. The van der Waals surface area contributed by atoms with Crippen LogP contribution in [0.15, 0.2) is 16.7 Å². The van der Waals surface area contributed by atoms with Crippen LogP contribution < -0.4 is 5.32 Å². The molecule has 0 saturated heterocycles. The molecule has 1 saturated carbocycles. The average molecular weight is 346 g/mol. The molecule has 1 aliphatic rings. The molecule has 0 bridgehead atoms. The highest BCUT2D eigenvalue weighted by atomic mass is 79.9. The lowest BCUT2D eigenvalue weighted by Gasteiger charge is -2.12. The minimum atomic E-state index is -0.723. The van der Waals surface area contributed by atoms with Gasteiger partial charge >= 0.3 is 5.69 Å². The third kappa shape index (κ3) is 4.69. The molecule has 1 atom stereocenters. The van der Waals surface area contributed by atoms with Crippen molar-refractivity contribution in [2.45, 2.75) is 18.9 Å². The van der Waals surface area contributed by atoms with Gasteiger partial charge in [0.2, 0.25) is 5.82 Å². The van der Waals surface area contributed by atoms with E-state index < -0.39 is 11.0 Å². The van der Waals surface area contributed by atoms with Crippen LogP contribution in [0, 0.1) is 16.0 Å². The van der Waals surface area contributed by atoms with E-state index in [0.29, 0.717) is 17.0 Å². The fourth-order valence-electron chi connectivity index (χ4n) is 1.63. The van der Waals surface area contributed by atoms with E-state index in [9.17, 15) is 15.2 Å². The number of aromatic nitrogens is 1. The number of nitrogens with one attached hydrogen (secondary N) is 1. The van der Waals surface area contributed by atoms with Gasteiger partial charge in [0.15, 0.2) is 0 Å². The average Bonchev–Trinajstić information content (AvgIpc) is 3.21. The van der Waals surface area contributed by atoms with Crippen LogP contribution in [0.25, 0.3) is 0 Å². The number of halogens is 1. The van der Waals surface area contributed by atoms with Gasteiger partial charge in [0.25, 0.3) is 0 Å². The van der Waals surface area contributed by atoms with Crippen molar-refractivity contribution >= 4 is 27.4 Å². The number of aliphatic hydroxyl groups excluding tert-OH is 1. The van der Waals surface area contributed by atoms with Crippen molar-refractivity contribution < 1.29 is 14.8 Å². The molecule has 0 amide bonds. The van der Waals surface area contributed by atoms with Gasteiger partial charge in [-0.3, -0.25) is 10.1 Å². The number of nitro groups is 1. The lowest BCUT2D eigenvalue weighted by atomic mass is 10.3. The van der Waals surface area contributed by atoms with E-state index in [1.807, 2.05) is 0 Å². The summed E-state index contributed by atoms with van der Waals surface area (Å²) in [5.74, 6) is 0.781.